The van der Waals surface area contributed by atoms with Crippen LogP contribution in [-0.4, -0.2) is 0 Å². The monoisotopic (exact) mass is 1990 g/mol. The van der Waals surface area contributed by atoms with Gasteiger partial charge in [-0.1, -0.05) is 338 Å². The number of aryl methyl sites for hydroxylation is 6. The lowest BCUT2D eigenvalue weighted by atomic mass is 9.74. The second-order valence-electron chi connectivity index (χ2n) is 41.6. The predicted octanol–water partition coefficient (Wildman–Crippen LogP) is 39.7. The van der Waals surface area contributed by atoms with Gasteiger partial charge in [0.1, 0.15) is 57.2 Å². The number of benzene rings is 18. The minimum atomic E-state index is -2.56. The first-order valence-corrected chi connectivity index (χ1v) is 52.5. The van der Waals surface area contributed by atoms with Crippen LogP contribution in [0.5, 0.6) is 57.5 Å². The molecule has 6 aliphatic rings. The molecule has 0 radical (unpaired) electrons. The van der Waals surface area contributed by atoms with E-state index in [1.165, 1.54) is 20.2 Å². The first kappa shape index (κ1) is 78.2. The van der Waals surface area contributed by atoms with Crippen molar-refractivity contribution in [3.8, 4) is 158 Å². The number of ether oxygens (including phenoxy) is 6. The highest BCUT2D eigenvalue weighted by Crippen LogP contribution is 2.62. The van der Waals surface area contributed by atoms with Gasteiger partial charge in [-0.2, -0.15) is 0 Å². The largest absolute Gasteiger partial charge is 0.482 e. The van der Waals surface area contributed by atoms with E-state index in [-0.39, 0.29) is 21.4 Å². The van der Waals surface area contributed by atoms with Crippen LogP contribution in [0.3, 0.4) is 0 Å². The molecule has 3 atom stereocenters. The summed E-state index contributed by atoms with van der Waals surface area (Å²) >= 11 is 5.37. The summed E-state index contributed by atoms with van der Waals surface area (Å²) in [5.41, 5.74) is 23.2. The molecule has 9 heteroatoms. The lowest BCUT2D eigenvalue weighted by Crippen LogP contribution is -2.25. The number of para-hydroxylation sites is 9. The standard InChI is InChI=1S/C46H42O3.C46H42O2S.C46H42OS2/c1-27-23-25-31(29(3)41(27)33-15-13-19-37-43(33)47-38-20-11-9-17-35(38)45(37,5)6)32-26-24-28(2)42(30(32)4)34-16-14-22-40-44(34)48-39-21-12-10-18-36(39)46(7,8)49-40;1-27-23-25-31(29(3)41(27)33-15-13-18-36-43(33)47-38-20-10-9-17-35(38)45(36,5)6)32-26-24-28(2)42(30(32)4)34-16-14-19-37-44(34)49-40-22-12-11-21-39(40)48-46(37,7)8;1-27-23-25-31(29(3)41(27)33-15-13-18-36-43(33)47-38-20-10-9-17-35(38)45(36,5)6)32-26-24-28(2)42(30(32)4)34-16-14-19-37-44(34)48-39-21-11-12-22-40(39)49-46(37,7)8/h3*9-26H,1-8H3/i3*3D3,5D3. The van der Waals surface area contributed by atoms with Gasteiger partial charge in [0.15, 0.2) is 11.5 Å². The fraction of sp³-hybridized carbons (Fsp3) is 0.217. The van der Waals surface area contributed by atoms with Gasteiger partial charge in [0.25, 0.3) is 0 Å². The minimum Gasteiger partial charge on any atom is -0.482 e. The van der Waals surface area contributed by atoms with E-state index in [0.717, 1.165) is 127 Å². The number of hydrogen-bond acceptors (Lipinski definition) is 9. The van der Waals surface area contributed by atoms with E-state index in [1.54, 1.807) is 105 Å². The number of fused-ring (bicyclic) bond motifs is 12. The molecule has 0 bridgehead atoms. The highest BCUT2D eigenvalue weighted by Gasteiger charge is 2.43. The molecule has 0 aliphatic carbocycles. The normalized spacial score (nSPS) is 19.4. The molecule has 6 nitrogen and oxygen atoms in total. The smallest absolute Gasteiger partial charge is 0.177 e. The van der Waals surface area contributed by atoms with Crippen molar-refractivity contribution in [3.63, 3.8) is 0 Å². The summed E-state index contributed by atoms with van der Waals surface area (Å²) in [5.74, 6) is 5.17. The molecule has 0 fully saturated rings. The third kappa shape index (κ3) is 16.5. The van der Waals surface area contributed by atoms with Gasteiger partial charge in [-0.05, 0) is 329 Å². The summed E-state index contributed by atoms with van der Waals surface area (Å²) in [5, 5.41) is 0. The Labute approximate surface area is 907 Å². The molecule has 18 aromatic carbocycles. The molecule has 0 aromatic heterocycles. The van der Waals surface area contributed by atoms with Crippen LogP contribution in [0.25, 0.3) is 100 Å². The fourth-order valence-electron chi connectivity index (χ4n) is 23.0. The molecule has 0 amide bonds. The zero-order valence-electron chi connectivity index (χ0n) is 104. The first-order valence-electron chi connectivity index (χ1n) is 59.1. The summed E-state index contributed by atoms with van der Waals surface area (Å²) in [6, 6.07) is 105. The molecule has 0 spiro atoms. The van der Waals surface area contributed by atoms with Crippen LogP contribution < -0.4 is 28.4 Å². The maximum atomic E-state index is 9.07. The summed E-state index contributed by atoms with van der Waals surface area (Å²) in [4.78, 5) is 5.82. The first-order chi connectivity index (χ1) is 77.8. The molecular formula is C138H126O6S3. The van der Waals surface area contributed by atoms with Crippen molar-refractivity contribution in [1.29, 1.82) is 0 Å². The van der Waals surface area contributed by atoms with Gasteiger partial charge < -0.3 is 28.4 Å². The van der Waals surface area contributed by atoms with Gasteiger partial charge in [0.2, 0.25) is 0 Å². The maximum Gasteiger partial charge on any atom is 0.177 e. The molecular weight excluding hydrogens is 1850 g/mol. The Hall–Kier alpha value is -14.2. The molecule has 18 aromatic rings. The van der Waals surface area contributed by atoms with Gasteiger partial charge >= 0.3 is 0 Å². The predicted molar refractivity (Wildman–Crippen MR) is 615 cm³/mol. The van der Waals surface area contributed by atoms with Crippen molar-refractivity contribution >= 4 is 35.3 Å². The van der Waals surface area contributed by atoms with Crippen LogP contribution in [0.1, 0.15) is 224 Å². The SMILES string of the molecule is [2H]C([2H])([2H])c1c(-c2ccc(C)c(-c3cccc4c3Oc3ccccc3C(C)(C)O4)c2C)ccc(C)c1-c1cccc2c1Oc1ccccc1C2(C)C([2H])([2H])[2H].[2H]C([2H])([2H])c1c(-c2ccc(C)c(-c3cccc4c3Sc3ccccc3OC4(C)C)c2C)ccc(C)c1-c1cccc2c1Oc1ccccc1C2(C)C([2H])([2H])[2H].[2H]C([2H])([2H])c1c(-c2ccc(C)c(-c3cccc4c3Sc3ccccc3SC4(C)C)c2C)ccc(C)c1-c1cccc2c1Oc1ccccc1C2(C)C([2H])([2H])[2H]. The van der Waals surface area contributed by atoms with Crippen LogP contribution in [0.2, 0.25) is 0 Å². The van der Waals surface area contributed by atoms with Crippen molar-refractivity contribution < 1.29 is 53.1 Å². The third-order valence-corrected chi connectivity index (χ3v) is 34.4. The van der Waals surface area contributed by atoms with E-state index in [1.807, 2.05) is 248 Å². The van der Waals surface area contributed by atoms with Gasteiger partial charge in [-0.25, -0.2) is 0 Å². The van der Waals surface area contributed by atoms with E-state index >= 15 is 0 Å². The topological polar surface area (TPSA) is 55.4 Å². The van der Waals surface area contributed by atoms with Gasteiger partial charge in [-0.15, -0.1) is 11.8 Å². The van der Waals surface area contributed by atoms with Crippen LogP contribution in [0.4, 0.5) is 0 Å². The van der Waals surface area contributed by atoms with Gasteiger partial charge in [0, 0.05) is 132 Å². The summed E-state index contributed by atoms with van der Waals surface area (Å²) in [6.07, 6.45) is 0. The van der Waals surface area contributed by atoms with Crippen molar-refractivity contribution in [2.45, 2.75) is 222 Å². The average molecular weight is 1990 g/mol. The Morgan fingerprint density at radius 2 is 0.463 bits per heavy atom. The minimum absolute atomic E-state index is 0.166. The number of thioether (sulfide) groups is 1. The van der Waals surface area contributed by atoms with Gasteiger partial charge in [0.05, 0.1) is 4.90 Å². The summed E-state index contributed by atoms with van der Waals surface area (Å²) in [6.45, 7) is 21.2. The van der Waals surface area contributed by atoms with Crippen molar-refractivity contribution in [1.82, 2.24) is 0 Å². The van der Waals surface area contributed by atoms with E-state index < -0.39 is 68.6 Å². The average Bonchev–Trinajstić information content (AvgIpc) is 1.11. The Bertz CT molecular complexity index is 8920. The van der Waals surface area contributed by atoms with E-state index in [4.69, 9.17) is 53.1 Å². The molecule has 6 heterocycles. The summed E-state index contributed by atoms with van der Waals surface area (Å²) in [7, 11) is 0. The lowest BCUT2D eigenvalue weighted by molar-refractivity contribution is 0.103. The van der Waals surface area contributed by atoms with Crippen LogP contribution in [0.15, 0.2) is 352 Å². The second kappa shape index (κ2) is 37.0. The Morgan fingerprint density at radius 1 is 0.204 bits per heavy atom. The summed E-state index contributed by atoms with van der Waals surface area (Å²) < 4.78 is 200. The quantitative estimate of drug-likeness (QED) is 0.141. The lowest BCUT2D eigenvalue weighted by Gasteiger charge is -2.35. The molecule has 732 valence electrons. The Morgan fingerprint density at radius 3 is 0.857 bits per heavy atom. The maximum absolute atomic E-state index is 9.07. The fourth-order valence-corrected chi connectivity index (χ4v) is 27.0. The van der Waals surface area contributed by atoms with E-state index in [0.29, 0.717) is 135 Å². The molecule has 147 heavy (non-hydrogen) atoms. The van der Waals surface area contributed by atoms with Crippen molar-refractivity contribution in [2.75, 3.05) is 0 Å². The zero-order chi connectivity index (χ0) is 118. The highest BCUT2D eigenvalue weighted by atomic mass is 32.2. The van der Waals surface area contributed by atoms with Crippen molar-refractivity contribution in [2.24, 2.45) is 0 Å². The Kier molecular flexibility index (Phi) is 19.7. The molecule has 24 rings (SSSR count). The van der Waals surface area contributed by atoms with Crippen LogP contribution in [-0.2, 0) is 32.2 Å². The van der Waals surface area contributed by atoms with Gasteiger partial charge in [-0.3, -0.25) is 0 Å². The van der Waals surface area contributed by atoms with Crippen LogP contribution in [0, 0.1) is 82.9 Å². The van der Waals surface area contributed by atoms with Crippen LogP contribution >= 0.6 is 35.3 Å². The third-order valence-electron chi connectivity index (χ3n) is 30.6. The van der Waals surface area contributed by atoms with E-state index in [2.05, 4.69) is 134 Å². The second-order valence-corrected chi connectivity index (χ2v) is 45.3. The number of hydrogen-bond donors (Lipinski definition) is 0. The highest BCUT2D eigenvalue weighted by molar-refractivity contribution is 8.03. The van der Waals surface area contributed by atoms with E-state index in [9.17, 15) is 0 Å². The Balaban J connectivity index is 0.000000137. The van der Waals surface area contributed by atoms with Crippen molar-refractivity contribution in [3.05, 3.63) is 444 Å². The molecule has 0 N–H and O–H groups in total. The molecule has 0 saturated carbocycles. The molecule has 3 unspecified atom stereocenters. The number of rotatable bonds is 9. The zero-order valence-corrected chi connectivity index (χ0v) is 88.3. The molecule has 0 saturated heterocycles. The molecule has 6 aliphatic heterocycles.